The van der Waals surface area contributed by atoms with Crippen LogP contribution in [-0.4, -0.2) is 10.2 Å². The van der Waals surface area contributed by atoms with Crippen LogP contribution >= 0.6 is 0 Å². The third-order valence-electron chi connectivity index (χ3n) is 2.96. The molecular weight excluding hydrogens is 228 g/mol. The lowest BCUT2D eigenvalue weighted by molar-refractivity contribution is 0.280. The summed E-state index contributed by atoms with van der Waals surface area (Å²) in [7, 11) is 0. The smallest absolute Gasteiger partial charge is 0.0688 e. The number of rotatable bonds is 3. The van der Waals surface area contributed by atoms with Crippen molar-refractivity contribution in [3.8, 4) is 11.1 Å². The Labute approximate surface area is 105 Å². The van der Waals surface area contributed by atoms with E-state index in [0.717, 1.165) is 0 Å². The first-order valence-electron chi connectivity index (χ1n) is 5.65. The van der Waals surface area contributed by atoms with E-state index in [9.17, 15) is 10.2 Å². The minimum Gasteiger partial charge on any atom is -0.398 e. The Morgan fingerprint density at radius 1 is 0.722 bits per heavy atom. The standard InChI is InChI=1S/C14H16N2O2/c15-11-5-1-3-9(7-17)13(11)14-10(8-18)4-2-6-12(14)16/h1-6,17-18H,7-8,15-16H2. The minimum absolute atomic E-state index is 0.125. The number of nitrogens with two attached hydrogens (primary N) is 2. The van der Waals surface area contributed by atoms with Crippen molar-refractivity contribution in [2.45, 2.75) is 13.2 Å². The molecule has 2 aromatic carbocycles. The fourth-order valence-electron chi connectivity index (χ4n) is 2.11. The minimum atomic E-state index is -0.125. The van der Waals surface area contributed by atoms with Crippen molar-refractivity contribution in [3.05, 3.63) is 47.5 Å². The molecule has 18 heavy (non-hydrogen) atoms. The van der Waals surface area contributed by atoms with Crippen LogP contribution in [-0.2, 0) is 13.2 Å². The molecule has 0 aliphatic heterocycles. The second-order valence-corrected chi connectivity index (χ2v) is 4.08. The van der Waals surface area contributed by atoms with Gasteiger partial charge in [-0.3, -0.25) is 0 Å². The van der Waals surface area contributed by atoms with E-state index in [2.05, 4.69) is 0 Å². The molecule has 0 atom stereocenters. The molecule has 4 heteroatoms. The van der Waals surface area contributed by atoms with Gasteiger partial charge >= 0.3 is 0 Å². The van der Waals surface area contributed by atoms with Gasteiger partial charge in [-0.15, -0.1) is 0 Å². The van der Waals surface area contributed by atoms with Gasteiger partial charge in [0.1, 0.15) is 0 Å². The zero-order valence-corrected chi connectivity index (χ0v) is 9.93. The van der Waals surface area contributed by atoms with E-state index in [0.29, 0.717) is 33.6 Å². The van der Waals surface area contributed by atoms with E-state index in [-0.39, 0.29) is 13.2 Å². The zero-order chi connectivity index (χ0) is 13.1. The van der Waals surface area contributed by atoms with Crippen molar-refractivity contribution in [1.29, 1.82) is 0 Å². The van der Waals surface area contributed by atoms with Gasteiger partial charge in [0.15, 0.2) is 0 Å². The van der Waals surface area contributed by atoms with Gasteiger partial charge in [0.25, 0.3) is 0 Å². The Balaban J connectivity index is 2.76. The first-order chi connectivity index (χ1) is 8.69. The van der Waals surface area contributed by atoms with E-state index >= 15 is 0 Å². The highest BCUT2D eigenvalue weighted by atomic mass is 16.3. The van der Waals surface area contributed by atoms with Crippen molar-refractivity contribution >= 4 is 11.4 Å². The van der Waals surface area contributed by atoms with Gasteiger partial charge in [-0.25, -0.2) is 0 Å². The molecule has 94 valence electrons. The van der Waals surface area contributed by atoms with Crippen LogP contribution < -0.4 is 11.5 Å². The molecule has 0 aliphatic rings. The Morgan fingerprint density at radius 3 is 1.44 bits per heavy atom. The molecule has 0 radical (unpaired) electrons. The predicted octanol–water partition coefficient (Wildman–Crippen LogP) is 1.50. The van der Waals surface area contributed by atoms with Crippen molar-refractivity contribution < 1.29 is 10.2 Å². The topological polar surface area (TPSA) is 92.5 Å². The average Bonchev–Trinajstić information content (AvgIpc) is 2.38. The maximum atomic E-state index is 9.40. The van der Waals surface area contributed by atoms with Crippen LogP contribution in [0.25, 0.3) is 11.1 Å². The van der Waals surface area contributed by atoms with Gasteiger partial charge < -0.3 is 21.7 Å². The summed E-state index contributed by atoms with van der Waals surface area (Å²) in [6, 6.07) is 10.6. The molecule has 0 bridgehead atoms. The quantitative estimate of drug-likeness (QED) is 0.616. The summed E-state index contributed by atoms with van der Waals surface area (Å²) in [4.78, 5) is 0. The molecule has 2 aromatic rings. The maximum Gasteiger partial charge on any atom is 0.0688 e. The summed E-state index contributed by atoms with van der Waals surface area (Å²) in [6.45, 7) is -0.251. The molecule has 0 saturated heterocycles. The van der Waals surface area contributed by atoms with E-state index in [4.69, 9.17) is 11.5 Å². The molecule has 0 aliphatic carbocycles. The van der Waals surface area contributed by atoms with Crippen molar-refractivity contribution in [2.75, 3.05) is 11.5 Å². The van der Waals surface area contributed by atoms with Crippen LogP contribution in [0, 0.1) is 0 Å². The summed E-state index contributed by atoms with van der Waals surface area (Å²) < 4.78 is 0. The zero-order valence-electron chi connectivity index (χ0n) is 9.93. The lowest BCUT2D eigenvalue weighted by Crippen LogP contribution is -2.02. The number of hydrogen-bond acceptors (Lipinski definition) is 4. The van der Waals surface area contributed by atoms with Gasteiger partial charge in [0.2, 0.25) is 0 Å². The molecule has 0 heterocycles. The Bertz CT molecular complexity index is 516. The normalized spacial score (nSPS) is 10.6. The number of aliphatic hydroxyl groups excluding tert-OH is 2. The molecule has 0 spiro atoms. The van der Waals surface area contributed by atoms with Crippen molar-refractivity contribution in [2.24, 2.45) is 0 Å². The fraction of sp³-hybridized carbons (Fsp3) is 0.143. The maximum absolute atomic E-state index is 9.40. The monoisotopic (exact) mass is 244 g/mol. The molecule has 0 saturated carbocycles. The van der Waals surface area contributed by atoms with Crippen LogP contribution in [0.3, 0.4) is 0 Å². The van der Waals surface area contributed by atoms with Gasteiger partial charge in [-0.2, -0.15) is 0 Å². The van der Waals surface area contributed by atoms with Gasteiger partial charge in [0.05, 0.1) is 13.2 Å². The van der Waals surface area contributed by atoms with Crippen LogP contribution in [0.1, 0.15) is 11.1 Å². The summed E-state index contributed by atoms with van der Waals surface area (Å²) in [5, 5.41) is 18.8. The lowest BCUT2D eigenvalue weighted by atomic mass is 9.93. The van der Waals surface area contributed by atoms with E-state index in [1.807, 2.05) is 0 Å². The summed E-state index contributed by atoms with van der Waals surface area (Å²) in [6.07, 6.45) is 0. The van der Waals surface area contributed by atoms with Crippen LogP contribution in [0.4, 0.5) is 11.4 Å². The first kappa shape index (κ1) is 12.4. The predicted molar refractivity (Wildman–Crippen MR) is 72.5 cm³/mol. The van der Waals surface area contributed by atoms with Crippen molar-refractivity contribution in [1.82, 2.24) is 0 Å². The first-order valence-corrected chi connectivity index (χ1v) is 5.65. The molecule has 0 amide bonds. The molecule has 0 unspecified atom stereocenters. The molecule has 2 rings (SSSR count). The number of aliphatic hydroxyl groups is 2. The summed E-state index contributed by atoms with van der Waals surface area (Å²) in [5.41, 5.74) is 15.8. The highest BCUT2D eigenvalue weighted by Gasteiger charge is 2.14. The molecule has 6 N–H and O–H groups in total. The van der Waals surface area contributed by atoms with E-state index < -0.39 is 0 Å². The highest BCUT2D eigenvalue weighted by molar-refractivity contribution is 5.88. The number of benzene rings is 2. The second kappa shape index (κ2) is 5.08. The second-order valence-electron chi connectivity index (χ2n) is 4.08. The van der Waals surface area contributed by atoms with E-state index in [1.165, 1.54) is 0 Å². The number of hydrogen-bond donors (Lipinski definition) is 4. The van der Waals surface area contributed by atoms with Crippen LogP contribution in [0.5, 0.6) is 0 Å². The van der Waals surface area contributed by atoms with Gasteiger partial charge in [-0.05, 0) is 23.3 Å². The largest absolute Gasteiger partial charge is 0.398 e. The van der Waals surface area contributed by atoms with Crippen LogP contribution in [0.15, 0.2) is 36.4 Å². The number of nitrogen functional groups attached to an aromatic ring is 2. The third-order valence-corrected chi connectivity index (χ3v) is 2.96. The molecule has 0 fully saturated rings. The highest BCUT2D eigenvalue weighted by Crippen LogP contribution is 2.36. The van der Waals surface area contributed by atoms with Gasteiger partial charge in [0, 0.05) is 22.5 Å². The van der Waals surface area contributed by atoms with Gasteiger partial charge in [-0.1, -0.05) is 24.3 Å². The Morgan fingerprint density at radius 2 is 1.11 bits per heavy atom. The average molecular weight is 244 g/mol. The SMILES string of the molecule is Nc1cccc(CO)c1-c1c(N)cccc1CO. The summed E-state index contributed by atoms with van der Waals surface area (Å²) in [5.74, 6) is 0. The van der Waals surface area contributed by atoms with Crippen LogP contribution in [0.2, 0.25) is 0 Å². The third kappa shape index (κ3) is 2.03. The Kier molecular flexibility index (Phi) is 3.50. The molecule has 0 aromatic heterocycles. The molecule has 4 nitrogen and oxygen atoms in total. The molecular formula is C14H16N2O2. The van der Waals surface area contributed by atoms with Crippen molar-refractivity contribution in [3.63, 3.8) is 0 Å². The Hall–Kier alpha value is -2.04. The lowest BCUT2D eigenvalue weighted by Gasteiger charge is -2.16. The number of anilines is 2. The fourth-order valence-corrected chi connectivity index (χ4v) is 2.11. The van der Waals surface area contributed by atoms with E-state index in [1.54, 1.807) is 36.4 Å². The summed E-state index contributed by atoms with van der Waals surface area (Å²) >= 11 is 0.